The molecule has 0 saturated heterocycles. The van der Waals surface area contributed by atoms with Crippen molar-refractivity contribution in [2.24, 2.45) is 11.3 Å². The SMILES string of the molecule is CC1CCC(Cc2cccnc2)(C(=O)O)C1. The van der Waals surface area contributed by atoms with Gasteiger partial charge in [-0.1, -0.05) is 13.0 Å². The van der Waals surface area contributed by atoms with Gasteiger partial charge in [-0.3, -0.25) is 9.78 Å². The molecule has 16 heavy (non-hydrogen) atoms. The van der Waals surface area contributed by atoms with Crippen molar-refractivity contribution in [3.05, 3.63) is 30.1 Å². The molecular weight excluding hydrogens is 202 g/mol. The number of carboxylic acids is 1. The predicted octanol–water partition coefficient (Wildman–Crippen LogP) is 2.52. The second-order valence-electron chi connectivity index (χ2n) is 4.97. The molecule has 2 rings (SSSR count). The molecule has 0 aliphatic heterocycles. The Kier molecular flexibility index (Phi) is 2.95. The normalized spacial score (nSPS) is 29.2. The van der Waals surface area contributed by atoms with E-state index in [1.165, 1.54) is 0 Å². The van der Waals surface area contributed by atoms with Crippen LogP contribution in [0.4, 0.5) is 0 Å². The van der Waals surface area contributed by atoms with Crippen molar-refractivity contribution in [2.75, 3.05) is 0 Å². The quantitative estimate of drug-likeness (QED) is 0.849. The largest absolute Gasteiger partial charge is 0.481 e. The van der Waals surface area contributed by atoms with Gasteiger partial charge in [-0.15, -0.1) is 0 Å². The molecule has 0 bridgehead atoms. The Labute approximate surface area is 95.5 Å². The van der Waals surface area contributed by atoms with Crippen LogP contribution in [0.1, 0.15) is 31.7 Å². The monoisotopic (exact) mass is 219 g/mol. The number of hydrogen-bond donors (Lipinski definition) is 1. The van der Waals surface area contributed by atoms with Crippen molar-refractivity contribution < 1.29 is 9.90 Å². The van der Waals surface area contributed by atoms with Crippen LogP contribution in [-0.2, 0) is 11.2 Å². The van der Waals surface area contributed by atoms with Crippen molar-refractivity contribution in [2.45, 2.75) is 32.6 Å². The van der Waals surface area contributed by atoms with E-state index >= 15 is 0 Å². The minimum Gasteiger partial charge on any atom is -0.481 e. The third-order valence-corrected chi connectivity index (χ3v) is 3.57. The molecule has 3 heteroatoms. The highest BCUT2D eigenvalue weighted by Gasteiger charge is 2.43. The fourth-order valence-electron chi connectivity index (χ4n) is 2.72. The number of pyridine rings is 1. The van der Waals surface area contributed by atoms with Crippen LogP contribution >= 0.6 is 0 Å². The standard InChI is InChI=1S/C13H17NO2/c1-10-4-5-13(7-10,12(15)16)8-11-3-2-6-14-9-11/h2-3,6,9-10H,4-5,7-8H2,1H3,(H,15,16). The zero-order valence-corrected chi connectivity index (χ0v) is 9.52. The average Bonchev–Trinajstić information content (AvgIpc) is 2.63. The molecule has 3 nitrogen and oxygen atoms in total. The summed E-state index contributed by atoms with van der Waals surface area (Å²) in [6.45, 7) is 2.13. The highest BCUT2D eigenvalue weighted by Crippen LogP contribution is 2.44. The Hall–Kier alpha value is -1.38. The van der Waals surface area contributed by atoms with Crippen LogP contribution in [0.25, 0.3) is 0 Å². The van der Waals surface area contributed by atoms with Crippen molar-refractivity contribution in [1.82, 2.24) is 4.98 Å². The van der Waals surface area contributed by atoms with Gasteiger partial charge < -0.3 is 5.11 Å². The van der Waals surface area contributed by atoms with E-state index in [2.05, 4.69) is 11.9 Å². The Morgan fingerprint density at radius 1 is 1.69 bits per heavy atom. The summed E-state index contributed by atoms with van der Waals surface area (Å²) in [5.41, 5.74) is 0.474. The van der Waals surface area contributed by atoms with Crippen molar-refractivity contribution >= 4 is 5.97 Å². The zero-order chi connectivity index (χ0) is 11.6. The summed E-state index contributed by atoms with van der Waals surface area (Å²) in [4.78, 5) is 15.5. The molecule has 86 valence electrons. The Bertz CT molecular complexity index is 377. The fraction of sp³-hybridized carbons (Fsp3) is 0.538. The molecule has 0 radical (unpaired) electrons. The van der Waals surface area contributed by atoms with Gasteiger partial charge in [-0.05, 0) is 43.2 Å². The van der Waals surface area contributed by atoms with E-state index in [0.717, 1.165) is 24.8 Å². The highest BCUT2D eigenvalue weighted by atomic mass is 16.4. The van der Waals surface area contributed by atoms with Gasteiger partial charge >= 0.3 is 5.97 Å². The van der Waals surface area contributed by atoms with Gasteiger partial charge in [0.1, 0.15) is 0 Å². The number of nitrogens with zero attached hydrogens (tertiary/aromatic N) is 1. The summed E-state index contributed by atoms with van der Waals surface area (Å²) in [5, 5.41) is 9.42. The van der Waals surface area contributed by atoms with Crippen molar-refractivity contribution in [3.8, 4) is 0 Å². The molecular formula is C13H17NO2. The maximum atomic E-state index is 11.5. The molecule has 2 atom stereocenters. The van der Waals surface area contributed by atoms with Gasteiger partial charge in [-0.25, -0.2) is 0 Å². The van der Waals surface area contributed by atoms with Gasteiger partial charge in [0.15, 0.2) is 0 Å². The van der Waals surface area contributed by atoms with Gasteiger partial charge in [0, 0.05) is 12.4 Å². The maximum absolute atomic E-state index is 11.5. The average molecular weight is 219 g/mol. The first kappa shape index (κ1) is 11.1. The maximum Gasteiger partial charge on any atom is 0.309 e. The van der Waals surface area contributed by atoms with Gasteiger partial charge in [0.2, 0.25) is 0 Å². The van der Waals surface area contributed by atoms with Crippen LogP contribution in [0.3, 0.4) is 0 Å². The lowest BCUT2D eigenvalue weighted by atomic mass is 9.80. The van der Waals surface area contributed by atoms with Gasteiger partial charge in [0.05, 0.1) is 5.41 Å². The topological polar surface area (TPSA) is 50.2 Å². The fourth-order valence-corrected chi connectivity index (χ4v) is 2.72. The second kappa shape index (κ2) is 4.24. The van der Waals surface area contributed by atoms with Gasteiger partial charge in [-0.2, -0.15) is 0 Å². The van der Waals surface area contributed by atoms with Crippen LogP contribution in [0.2, 0.25) is 0 Å². The van der Waals surface area contributed by atoms with E-state index < -0.39 is 11.4 Å². The molecule has 0 aromatic carbocycles. The van der Waals surface area contributed by atoms with Crippen LogP contribution in [0.5, 0.6) is 0 Å². The number of carbonyl (C=O) groups is 1. The van der Waals surface area contributed by atoms with Crippen LogP contribution in [0, 0.1) is 11.3 Å². The van der Waals surface area contributed by atoms with E-state index in [9.17, 15) is 9.90 Å². The van der Waals surface area contributed by atoms with Crippen LogP contribution in [-0.4, -0.2) is 16.1 Å². The minimum absolute atomic E-state index is 0.521. The lowest BCUT2D eigenvalue weighted by Gasteiger charge is -2.24. The molecule has 1 fully saturated rings. The molecule has 2 unspecified atom stereocenters. The molecule has 0 spiro atoms. The molecule has 1 aliphatic carbocycles. The van der Waals surface area contributed by atoms with Gasteiger partial charge in [0.25, 0.3) is 0 Å². The molecule has 1 saturated carbocycles. The van der Waals surface area contributed by atoms with E-state index in [1.807, 2.05) is 12.1 Å². The summed E-state index contributed by atoms with van der Waals surface area (Å²) in [6, 6.07) is 3.82. The van der Waals surface area contributed by atoms with Crippen molar-refractivity contribution in [1.29, 1.82) is 0 Å². The lowest BCUT2D eigenvalue weighted by Crippen LogP contribution is -2.30. The second-order valence-corrected chi connectivity index (χ2v) is 4.97. The molecule has 1 aliphatic rings. The first-order chi connectivity index (χ1) is 7.62. The Balaban J connectivity index is 2.19. The minimum atomic E-state index is -0.652. The summed E-state index contributed by atoms with van der Waals surface area (Å²) < 4.78 is 0. The lowest BCUT2D eigenvalue weighted by molar-refractivity contribution is -0.148. The molecule has 1 heterocycles. The first-order valence-electron chi connectivity index (χ1n) is 5.75. The number of aliphatic carboxylic acids is 1. The number of rotatable bonds is 3. The summed E-state index contributed by atoms with van der Waals surface area (Å²) in [5.74, 6) is -0.131. The smallest absolute Gasteiger partial charge is 0.309 e. The van der Waals surface area contributed by atoms with E-state index in [0.29, 0.717) is 12.3 Å². The first-order valence-corrected chi connectivity index (χ1v) is 5.75. The third kappa shape index (κ3) is 2.08. The summed E-state index contributed by atoms with van der Waals surface area (Å²) >= 11 is 0. The van der Waals surface area contributed by atoms with E-state index in [4.69, 9.17) is 0 Å². The molecule has 1 aromatic heterocycles. The van der Waals surface area contributed by atoms with Crippen molar-refractivity contribution in [3.63, 3.8) is 0 Å². The summed E-state index contributed by atoms with van der Waals surface area (Å²) in [7, 11) is 0. The Morgan fingerprint density at radius 2 is 2.50 bits per heavy atom. The summed E-state index contributed by atoms with van der Waals surface area (Å²) in [6.07, 6.45) is 6.70. The number of carboxylic acid groups (broad SMARTS) is 1. The molecule has 1 aromatic rings. The van der Waals surface area contributed by atoms with Crippen LogP contribution < -0.4 is 0 Å². The zero-order valence-electron chi connectivity index (χ0n) is 9.52. The molecule has 1 N–H and O–H groups in total. The van der Waals surface area contributed by atoms with Crippen LogP contribution in [0.15, 0.2) is 24.5 Å². The van der Waals surface area contributed by atoms with E-state index in [1.54, 1.807) is 12.4 Å². The third-order valence-electron chi connectivity index (χ3n) is 3.57. The molecule has 0 amide bonds. The highest BCUT2D eigenvalue weighted by molar-refractivity contribution is 5.75. The predicted molar refractivity (Wildman–Crippen MR) is 61.0 cm³/mol. The number of hydrogen-bond acceptors (Lipinski definition) is 2. The Morgan fingerprint density at radius 3 is 3.00 bits per heavy atom. The van der Waals surface area contributed by atoms with E-state index in [-0.39, 0.29) is 0 Å². The number of aromatic nitrogens is 1.